The highest BCUT2D eigenvalue weighted by Crippen LogP contribution is 2.25. The van der Waals surface area contributed by atoms with Gasteiger partial charge in [-0.1, -0.05) is 0 Å². The van der Waals surface area contributed by atoms with Gasteiger partial charge in [-0.05, 0) is 31.2 Å². The topological polar surface area (TPSA) is 102 Å². The van der Waals surface area contributed by atoms with Crippen molar-refractivity contribution in [3.63, 3.8) is 0 Å². The van der Waals surface area contributed by atoms with Crippen LogP contribution < -0.4 is 9.46 Å². The Morgan fingerprint density at radius 3 is 2.64 bits per heavy atom. The summed E-state index contributed by atoms with van der Waals surface area (Å²) in [5, 5.41) is 9.14. The quantitative estimate of drug-likeness (QED) is 0.626. The number of Topliss-reactive ketones (excluding diaryl/α,β-unsaturated/α-hetero) is 1. The van der Waals surface area contributed by atoms with E-state index in [1.54, 1.807) is 0 Å². The molecule has 130 valence electrons. The van der Waals surface area contributed by atoms with Crippen LogP contribution in [0.3, 0.4) is 0 Å². The van der Waals surface area contributed by atoms with Crippen LogP contribution in [0.2, 0.25) is 0 Å². The summed E-state index contributed by atoms with van der Waals surface area (Å²) in [4.78, 5) is 11.6. The summed E-state index contributed by atoms with van der Waals surface area (Å²) in [7, 11) is 0. The van der Waals surface area contributed by atoms with Gasteiger partial charge in [-0.15, -0.1) is 0 Å². The standard InChI is InChI=1S/C16H12F2N2O4S/c1-9(21)13-6-15(20-25(22)23)11(4-10(13)7-19)8-24-16-3-2-12(17)5-14(16)18/h2-6,20H,8H2,1H3,(H,22,23)/p-1. The van der Waals surface area contributed by atoms with E-state index in [9.17, 15) is 22.3 Å². The largest absolute Gasteiger partial charge is 0.755 e. The molecule has 0 radical (unpaired) electrons. The molecule has 0 aliphatic carbocycles. The number of anilines is 1. The van der Waals surface area contributed by atoms with Gasteiger partial charge in [0.1, 0.15) is 12.4 Å². The van der Waals surface area contributed by atoms with E-state index < -0.39 is 28.7 Å². The van der Waals surface area contributed by atoms with Gasteiger partial charge in [0.05, 0.1) is 17.3 Å². The van der Waals surface area contributed by atoms with Gasteiger partial charge in [-0.3, -0.25) is 9.00 Å². The lowest BCUT2D eigenvalue weighted by Crippen LogP contribution is -2.10. The first kappa shape index (κ1) is 18.5. The maximum atomic E-state index is 13.6. The van der Waals surface area contributed by atoms with Gasteiger partial charge >= 0.3 is 0 Å². The van der Waals surface area contributed by atoms with Crippen molar-refractivity contribution in [3.8, 4) is 11.8 Å². The Kier molecular flexibility index (Phi) is 5.80. The molecule has 0 bridgehead atoms. The normalized spacial score (nSPS) is 11.5. The smallest absolute Gasteiger partial charge is 0.167 e. The molecule has 1 N–H and O–H groups in total. The average molecular weight is 365 g/mol. The lowest BCUT2D eigenvalue weighted by Gasteiger charge is -2.16. The van der Waals surface area contributed by atoms with Crippen LogP contribution in [0.4, 0.5) is 14.5 Å². The fourth-order valence-electron chi connectivity index (χ4n) is 2.08. The predicted molar refractivity (Wildman–Crippen MR) is 84.4 cm³/mol. The number of carbonyl (C=O) groups is 1. The zero-order valence-corrected chi connectivity index (χ0v) is 13.7. The summed E-state index contributed by atoms with van der Waals surface area (Å²) in [6.07, 6.45) is 0. The molecular formula is C16H11F2N2O4S-. The second-order valence-electron chi connectivity index (χ2n) is 4.92. The van der Waals surface area contributed by atoms with Crippen LogP contribution >= 0.6 is 0 Å². The molecule has 0 heterocycles. The molecule has 0 spiro atoms. The van der Waals surface area contributed by atoms with E-state index in [0.717, 1.165) is 12.1 Å². The third kappa shape index (κ3) is 4.59. The number of hydrogen-bond acceptors (Lipinski definition) is 5. The predicted octanol–water partition coefficient (Wildman–Crippen LogP) is 2.82. The van der Waals surface area contributed by atoms with E-state index in [4.69, 9.17) is 10.00 Å². The minimum absolute atomic E-state index is 0.0139. The van der Waals surface area contributed by atoms with Crippen molar-refractivity contribution in [3.05, 3.63) is 58.7 Å². The van der Waals surface area contributed by atoms with Crippen LogP contribution in [0.25, 0.3) is 0 Å². The third-order valence-electron chi connectivity index (χ3n) is 3.21. The molecule has 0 amide bonds. The average Bonchev–Trinajstić information content (AvgIpc) is 2.53. The van der Waals surface area contributed by atoms with Crippen molar-refractivity contribution >= 4 is 22.7 Å². The first-order valence-electron chi connectivity index (χ1n) is 6.83. The van der Waals surface area contributed by atoms with Crippen molar-refractivity contribution in [2.75, 3.05) is 4.72 Å². The summed E-state index contributed by atoms with van der Waals surface area (Å²) in [5.41, 5.74) is 0.273. The van der Waals surface area contributed by atoms with Gasteiger partial charge in [0.25, 0.3) is 0 Å². The van der Waals surface area contributed by atoms with E-state index in [1.807, 2.05) is 6.07 Å². The molecule has 25 heavy (non-hydrogen) atoms. The van der Waals surface area contributed by atoms with Gasteiger partial charge in [0, 0.05) is 28.5 Å². The Hall–Kier alpha value is -2.83. The van der Waals surface area contributed by atoms with Gasteiger partial charge < -0.3 is 14.0 Å². The zero-order chi connectivity index (χ0) is 18.6. The van der Waals surface area contributed by atoms with E-state index in [1.165, 1.54) is 19.1 Å². The first-order valence-corrected chi connectivity index (χ1v) is 7.91. The summed E-state index contributed by atoms with van der Waals surface area (Å²) in [6, 6.07) is 7.03. The Labute approximate surface area is 144 Å². The number of carbonyl (C=O) groups excluding carboxylic acids is 1. The summed E-state index contributed by atoms with van der Waals surface area (Å²) >= 11 is -2.69. The van der Waals surface area contributed by atoms with Crippen LogP contribution in [-0.4, -0.2) is 14.5 Å². The molecular weight excluding hydrogens is 354 g/mol. The van der Waals surface area contributed by atoms with Crippen molar-refractivity contribution in [1.82, 2.24) is 0 Å². The molecule has 2 rings (SSSR count). The van der Waals surface area contributed by atoms with E-state index in [2.05, 4.69) is 4.72 Å². The highest BCUT2D eigenvalue weighted by Gasteiger charge is 2.14. The fraction of sp³-hybridized carbons (Fsp3) is 0.125. The number of ether oxygens (including phenoxy) is 1. The van der Waals surface area contributed by atoms with Crippen LogP contribution in [0.5, 0.6) is 5.75 Å². The number of nitrogens with zero attached hydrogens (tertiary/aromatic N) is 1. The van der Waals surface area contributed by atoms with Crippen LogP contribution in [-0.2, 0) is 17.9 Å². The molecule has 0 aromatic heterocycles. The van der Waals surface area contributed by atoms with Gasteiger partial charge in [-0.2, -0.15) is 5.26 Å². The molecule has 6 nitrogen and oxygen atoms in total. The molecule has 0 saturated carbocycles. The number of hydrogen-bond donors (Lipinski definition) is 1. The van der Waals surface area contributed by atoms with Crippen molar-refractivity contribution in [1.29, 1.82) is 5.26 Å². The minimum Gasteiger partial charge on any atom is -0.755 e. The third-order valence-corrected chi connectivity index (χ3v) is 3.60. The minimum atomic E-state index is -2.69. The molecule has 0 saturated heterocycles. The van der Waals surface area contributed by atoms with Crippen LogP contribution in [0.1, 0.15) is 28.4 Å². The number of ketones is 1. The first-order chi connectivity index (χ1) is 11.8. The monoisotopic (exact) mass is 365 g/mol. The Bertz CT molecular complexity index is 896. The molecule has 9 heteroatoms. The second kappa shape index (κ2) is 7.83. The number of nitriles is 1. The zero-order valence-electron chi connectivity index (χ0n) is 12.8. The van der Waals surface area contributed by atoms with Crippen molar-refractivity contribution in [2.45, 2.75) is 13.5 Å². The number of nitrogens with one attached hydrogen (secondary N) is 1. The van der Waals surface area contributed by atoms with Gasteiger partial charge in [-0.25, -0.2) is 8.78 Å². The van der Waals surface area contributed by atoms with Gasteiger partial charge in [0.15, 0.2) is 17.3 Å². The van der Waals surface area contributed by atoms with Crippen LogP contribution in [0.15, 0.2) is 30.3 Å². The Morgan fingerprint density at radius 2 is 2.08 bits per heavy atom. The van der Waals surface area contributed by atoms with E-state index in [0.29, 0.717) is 6.07 Å². The van der Waals surface area contributed by atoms with E-state index in [-0.39, 0.29) is 34.7 Å². The lowest BCUT2D eigenvalue weighted by molar-refractivity contribution is 0.101. The highest BCUT2D eigenvalue weighted by atomic mass is 32.2. The lowest BCUT2D eigenvalue weighted by atomic mass is 10.0. The molecule has 1 atom stereocenters. The summed E-state index contributed by atoms with van der Waals surface area (Å²) in [5.74, 6) is -2.37. The molecule has 0 aliphatic rings. The molecule has 0 fully saturated rings. The van der Waals surface area contributed by atoms with Crippen LogP contribution in [0, 0.1) is 23.0 Å². The molecule has 2 aromatic rings. The molecule has 1 unspecified atom stereocenters. The Balaban J connectivity index is 2.39. The Morgan fingerprint density at radius 1 is 1.36 bits per heavy atom. The van der Waals surface area contributed by atoms with Crippen molar-refractivity contribution in [2.24, 2.45) is 0 Å². The highest BCUT2D eigenvalue weighted by molar-refractivity contribution is 7.80. The molecule has 2 aromatic carbocycles. The van der Waals surface area contributed by atoms with E-state index >= 15 is 0 Å². The number of halogens is 2. The van der Waals surface area contributed by atoms with Crippen molar-refractivity contribution < 1.29 is 27.1 Å². The maximum Gasteiger partial charge on any atom is 0.167 e. The van der Waals surface area contributed by atoms with Gasteiger partial charge in [0.2, 0.25) is 0 Å². The summed E-state index contributed by atoms with van der Waals surface area (Å²) in [6.45, 7) is 0.924. The number of rotatable bonds is 6. The number of benzene rings is 2. The molecule has 0 aliphatic heterocycles. The summed E-state index contributed by atoms with van der Waals surface area (Å²) < 4.78 is 55.7. The maximum absolute atomic E-state index is 13.6. The SMILES string of the molecule is CC(=O)c1cc(NS(=O)[O-])c(COc2ccc(F)cc2F)cc1C#N. The fourth-order valence-corrected chi connectivity index (χ4v) is 2.45. The second-order valence-corrected chi connectivity index (χ2v) is 5.60.